The van der Waals surface area contributed by atoms with Gasteiger partial charge in [-0.25, -0.2) is 4.39 Å². The van der Waals surface area contributed by atoms with Crippen molar-refractivity contribution in [3.05, 3.63) is 44.0 Å². The van der Waals surface area contributed by atoms with Crippen LogP contribution in [-0.2, 0) is 0 Å². The van der Waals surface area contributed by atoms with Gasteiger partial charge in [0.2, 0.25) is 0 Å². The summed E-state index contributed by atoms with van der Waals surface area (Å²) < 4.78 is 16.3. The summed E-state index contributed by atoms with van der Waals surface area (Å²) in [6.07, 6.45) is 0. The monoisotopic (exact) mass is 328 g/mol. The largest absolute Gasteiger partial charge is 0.330 e. The van der Waals surface area contributed by atoms with Crippen LogP contribution in [0.3, 0.4) is 0 Å². The molecule has 2 heterocycles. The average molecular weight is 329 g/mol. The lowest BCUT2D eigenvalue weighted by molar-refractivity contribution is 0.623. The zero-order valence-electron chi connectivity index (χ0n) is 8.41. The predicted octanol–water partition coefficient (Wildman–Crippen LogP) is 4.65. The standard InChI is InChI=1S/C11H6BrFN2S2/c12-7-3-10-9(4-8(7)13)14-11(16)15(10)6-1-2-17-5-6/h1-5H,(H,14,16). The fraction of sp³-hybridized carbons (Fsp3) is 0. The first-order chi connectivity index (χ1) is 8.16. The van der Waals surface area contributed by atoms with E-state index >= 15 is 0 Å². The molecule has 17 heavy (non-hydrogen) atoms. The summed E-state index contributed by atoms with van der Waals surface area (Å²) in [7, 11) is 0. The zero-order chi connectivity index (χ0) is 12.0. The molecule has 0 atom stereocenters. The van der Waals surface area contributed by atoms with Crippen LogP contribution in [-0.4, -0.2) is 9.55 Å². The van der Waals surface area contributed by atoms with Gasteiger partial charge in [-0.3, -0.25) is 4.57 Å². The highest BCUT2D eigenvalue weighted by Gasteiger charge is 2.10. The second-order valence-corrected chi connectivity index (χ2v) is 5.55. The molecule has 0 saturated carbocycles. The van der Waals surface area contributed by atoms with Crippen LogP contribution >= 0.6 is 39.5 Å². The zero-order valence-corrected chi connectivity index (χ0v) is 11.6. The quantitative estimate of drug-likeness (QED) is 0.645. The highest BCUT2D eigenvalue weighted by Crippen LogP contribution is 2.26. The molecule has 0 saturated heterocycles. The van der Waals surface area contributed by atoms with E-state index in [-0.39, 0.29) is 5.82 Å². The summed E-state index contributed by atoms with van der Waals surface area (Å²) >= 11 is 10.0. The van der Waals surface area contributed by atoms with Crippen molar-refractivity contribution < 1.29 is 4.39 Å². The van der Waals surface area contributed by atoms with Crippen molar-refractivity contribution in [1.82, 2.24) is 9.55 Å². The Morgan fingerprint density at radius 1 is 1.41 bits per heavy atom. The number of H-pyrrole nitrogens is 1. The van der Waals surface area contributed by atoms with Crippen molar-refractivity contribution in [2.75, 3.05) is 0 Å². The molecular formula is C11H6BrFN2S2. The maximum absolute atomic E-state index is 13.4. The van der Waals surface area contributed by atoms with Crippen LogP contribution in [0.2, 0.25) is 0 Å². The number of hydrogen-bond donors (Lipinski definition) is 1. The Morgan fingerprint density at radius 3 is 2.94 bits per heavy atom. The summed E-state index contributed by atoms with van der Waals surface area (Å²) in [4.78, 5) is 3.00. The van der Waals surface area contributed by atoms with Crippen molar-refractivity contribution in [2.24, 2.45) is 0 Å². The Kier molecular flexibility index (Phi) is 2.65. The van der Waals surface area contributed by atoms with E-state index in [1.54, 1.807) is 17.4 Å². The number of nitrogens with zero attached hydrogens (tertiary/aromatic N) is 1. The number of rotatable bonds is 1. The minimum atomic E-state index is -0.300. The minimum Gasteiger partial charge on any atom is -0.330 e. The minimum absolute atomic E-state index is 0.300. The molecule has 1 aromatic carbocycles. The van der Waals surface area contributed by atoms with E-state index in [0.29, 0.717) is 14.8 Å². The Bertz CT molecular complexity index is 743. The number of thiophene rings is 1. The van der Waals surface area contributed by atoms with Crippen LogP contribution in [0, 0.1) is 10.6 Å². The molecule has 3 rings (SSSR count). The van der Waals surface area contributed by atoms with E-state index in [0.717, 1.165) is 11.2 Å². The fourth-order valence-electron chi connectivity index (χ4n) is 1.74. The number of fused-ring (bicyclic) bond motifs is 1. The Morgan fingerprint density at radius 2 is 2.24 bits per heavy atom. The molecule has 0 bridgehead atoms. The molecule has 6 heteroatoms. The number of halogens is 2. The van der Waals surface area contributed by atoms with Crippen molar-refractivity contribution in [3.8, 4) is 5.69 Å². The summed E-state index contributed by atoms with van der Waals surface area (Å²) in [5.74, 6) is -0.300. The molecule has 0 aliphatic heterocycles. The van der Waals surface area contributed by atoms with Gasteiger partial charge in [-0.15, -0.1) is 0 Å². The van der Waals surface area contributed by atoms with E-state index in [4.69, 9.17) is 12.2 Å². The van der Waals surface area contributed by atoms with Crippen LogP contribution in [0.5, 0.6) is 0 Å². The maximum atomic E-state index is 13.4. The first-order valence-electron chi connectivity index (χ1n) is 4.79. The SMILES string of the molecule is Fc1cc2[nH]c(=S)n(-c3ccsc3)c2cc1Br. The number of aromatic nitrogens is 2. The number of aromatic amines is 1. The molecule has 1 N–H and O–H groups in total. The molecule has 0 spiro atoms. The van der Waals surface area contributed by atoms with Crippen LogP contribution in [0.1, 0.15) is 0 Å². The number of benzene rings is 1. The fourth-order valence-corrected chi connectivity index (χ4v) is 3.01. The van der Waals surface area contributed by atoms with Gasteiger partial charge < -0.3 is 4.98 Å². The van der Waals surface area contributed by atoms with Gasteiger partial charge in [0.05, 0.1) is 21.2 Å². The van der Waals surface area contributed by atoms with Gasteiger partial charge in [0.15, 0.2) is 4.77 Å². The van der Waals surface area contributed by atoms with E-state index in [1.165, 1.54) is 6.07 Å². The molecule has 0 unspecified atom stereocenters. The number of imidazole rings is 1. The van der Waals surface area contributed by atoms with Gasteiger partial charge in [0, 0.05) is 11.4 Å². The Balaban J connectivity index is 2.43. The predicted molar refractivity (Wildman–Crippen MR) is 74.0 cm³/mol. The molecule has 0 aliphatic carbocycles. The van der Waals surface area contributed by atoms with E-state index in [2.05, 4.69) is 20.9 Å². The van der Waals surface area contributed by atoms with Gasteiger partial charge in [-0.1, -0.05) is 0 Å². The topological polar surface area (TPSA) is 20.7 Å². The van der Waals surface area contributed by atoms with Gasteiger partial charge in [0.25, 0.3) is 0 Å². The highest BCUT2D eigenvalue weighted by atomic mass is 79.9. The van der Waals surface area contributed by atoms with E-state index < -0.39 is 0 Å². The molecule has 86 valence electrons. The lowest BCUT2D eigenvalue weighted by atomic mass is 10.3. The number of hydrogen-bond acceptors (Lipinski definition) is 2. The number of nitrogens with one attached hydrogen (secondary N) is 1. The van der Waals surface area contributed by atoms with Crippen molar-refractivity contribution in [3.63, 3.8) is 0 Å². The summed E-state index contributed by atoms with van der Waals surface area (Å²) in [6, 6.07) is 5.15. The maximum Gasteiger partial charge on any atom is 0.182 e. The molecule has 0 aliphatic rings. The lowest BCUT2D eigenvalue weighted by Crippen LogP contribution is -1.91. The third-order valence-electron chi connectivity index (χ3n) is 2.49. The smallest absolute Gasteiger partial charge is 0.182 e. The molecule has 2 nitrogen and oxygen atoms in total. The van der Waals surface area contributed by atoms with Crippen molar-refractivity contribution in [1.29, 1.82) is 0 Å². The third kappa shape index (κ3) is 1.76. The molecule has 0 amide bonds. The normalized spacial score (nSPS) is 11.2. The van der Waals surface area contributed by atoms with Crippen LogP contribution in [0.15, 0.2) is 33.4 Å². The lowest BCUT2D eigenvalue weighted by Gasteiger charge is -2.01. The van der Waals surface area contributed by atoms with Gasteiger partial charge in [0.1, 0.15) is 5.82 Å². The van der Waals surface area contributed by atoms with Crippen molar-refractivity contribution in [2.45, 2.75) is 0 Å². The second-order valence-electron chi connectivity index (χ2n) is 3.53. The van der Waals surface area contributed by atoms with Gasteiger partial charge in [-0.2, -0.15) is 11.3 Å². The first kappa shape index (κ1) is 11.1. The third-order valence-corrected chi connectivity index (χ3v) is 4.05. The Labute approximate surface area is 114 Å². The first-order valence-corrected chi connectivity index (χ1v) is 6.93. The summed E-state index contributed by atoms with van der Waals surface area (Å²) in [5, 5.41) is 3.98. The van der Waals surface area contributed by atoms with E-state index in [9.17, 15) is 4.39 Å². The van der Waals surface area contributed by atoms with Crippen LogP contribution in [0.4, 0.5) is 4.39 Å². The van der Waals surface area contributed by atoms with Crippen LogP contribution in [0.25, 0.3) is 16.7 Å². The molecule has 0 radical (unpaired) electrons. The van der Waals surface area contributed by atoms with Crippen LogP contribution < -0.4 is 0 Å². The molecule has 3 aromatic rings. The van der Waals surface area contributed by atoms with Crippen molar-refractivity contribution >= 4 is 50.5 Å². The van der Waals surface area contributed by atoms with Gasteiger partial charge >= 0.3 is 0 Å². The summed E-state index contributed by atoms with van der Waals surface area (Å²) in [5.41, 5.74) is 2.55. The second kappa shape index (κ2) is 4.04. The highest BCUT2D eigenvalue weighted by molar-refractivity contribution is 9.10. The molecule has 2 aromatic heterocycles. The Hall–Kier alpha value is -0.980. The molecule has 0 fully saturated rings. The molecular weight excluding hydrogens is 323 g/mol. The van der Waals surface area contributed by atoms with Gasteiger partial charge in [-0.05, 0) is 45.7 Å². The van der Waals surface area contributed by atoms with E-state index in [1.807, 2.05) is 21.4 Å². The summed E-state index contributed by atoms with van der Waals surface area (Å²) in [6.45, 7) is 0. The average Bonchev–Trinajstić information content (AvgIpc) is 2.86.